The maximum atomic E-state index is 6.05. The van der Waals surface area contributed by atoms with Crippen LogP contribution in [0.4, 0.5) is 0 Å². The van der Waals surface area contributed by atoms with Crippen molar-refractivity contribution in [3.05, 3.63) is 52.9 Å². The molecule has 1 aromatic carbocycles. The monoisotopic (exact) mass is 292 g/mol. The van der Waals surface area contributed by atoms with Crippen molar-refractivity contribution >= 4 is 11.6 Å². The Hall–Kier alpha value is -1.36. The molecule has 106 valence electrons. The van der Waals surface area contributed by atoms with Gasteiger partial charge < -0.3 is 9.26 Å². The molecule has 0 bridgehead atoms. The lowest BCUT2D eigenvalue weighted by Gasteiger charge is -2.37. The van der Waals surface area contributed by atoms with Crippen LogP contribution < -0.4 is 0 Å². The van der Waals surface area contributed by atoms with Crippen LogP contribution in [0.1, 0.15) is 24.3 Å². The molecule has 0 unspecified atom stereocenters. The number of morpholine rings is 1. The zero-order chi connectivity index (χ0) is 13.9. The first-order valence-electron chi connectivity index (χ1n) is 6.73. The molecule has 3 rings (SSSR count). The Balaban J connectivity index is 1.72. The number of benzene rings is 1. The SMILES string of the molecule is C[C@@H]1CO[C@H](c2cccc(Cl)c2)CN1Cc1ccon1. The van der Waals surface area contributed by atoms with Gasteiger partial charge >= 0.3 is 0 Å². The number of hydrogen-bond donors (Lipinski definition) is 0. The Labute approximate surface area is 123 Å². The molecule has 2 atom stereocenters. The molecule has 0 aliphatic carbocycles. The maximum absolute atomic E-state index is 6.05. The molecule has 2 heterocycles. The van der Waals surface area contributed by atoms with Crippen LogP contribution in [0.15, 0.2) is 41.1 Å². The van der Waals surface area contributed by atoms with Crippen molar-refractivity contribution in [2.75, 3.05) is 13.2 Å². The van der Waals surface area contributed by atoms with Crippen LogP contribution in [-0.4, -0.2) is 29.3 Å². The van der Waals surface area contributed by atoms with Gasteiger partial charge in [-0.05, 0) is 24.6 Å². The summed E-state index contributed by atoms with van der Waals surface area (Å²) in [6.07, 6.45) is 1.66. The molecule has 1 aromatic heterocycles. The summed E-state index contributed by atoms with van der Waals surface area (Å²) in [6.45, 7) is 4.47. The Bertz CT molecular complexity index is 559. The van der Waals surface area contributed by atoms with E-state index in [0.717, 1.165) is 29.4 Å². The normalized spacial score (nSPS) is 23.9. The molecule has 2 aromatic rings. The Morgan fingerprint density at radius 1 is 1.40 bits per heavy atom. The number of nitrogens with zero attached hydrogens (tertiary/aromatic N) is 2. The Morgan fingerprint density at radius 2 is 2.30 bits per heavy atom. The van der Waals surface area contributed by atoms with Crippen molar-refractivity contribution in [1.82, 2.24) is 10.1 Å². The summed E-state index contributed by atoms with van der Waals surface area (Å²) < 4.78 is 10.8. The minimum atomic E-state index is 0.0526. The third kappa shape index (κ3) is 3.03. The summed E-state index contributed by atoms with van der Waals surface area (Å²) in [7, 11) is 0. The van der Waals surface area contributed by atoms with E-state index in [0.29, 0.717) is 12.6 Å². The van der Waals surface area contributed by atoms with Gasteiger partial charge in [0.1, 0.15) is 6.26 Å². The van der Waals surface area contributed by atoms with Gasteiger partial charge in [0.05, 0.1) is 18.4 Å². The Kier molecular flexibility index (Phi) is 4.05. The predicted octanol–water partition coefficient (Wildman–Crippen LogP) is 3.29. The second-order valence-corrected chi connectivity index (χ2v) is 5.58. The van der Waals surface area contributed by atoms with E-state index in [-0.39, 0.29) is 6.10 Å². The highest BCUT2D eigenvalue weighted by Crippen LogP contribution is 2.27. The molecule has 1 aliphatic heterocycles. The first-order valence-corrected chi connectivity index (χ1v) is 7.10. The standard InChI is InChI=1S/C15H17ClN2O2/c1-11-10-19-15(12-3-2-4-13(16)7-12)9-18(11)8-14-5-6-20-17-14/h2-7,11,15H,8-10H2,1H3/t11-,15+/m1/s1. The van der Waals surface area contributed by atoms with Gasteiger partial charge in [-0.15, -0.1) is 0 Å². The van der Waals surface area contributed by atoms with Crippen molar-refractivity contribution < 1.29 is 9.26 Å². The minimum absolute atomic E-state index is 0.0526. The van der Waals surface area contributed by atoms with Gasteiger partial charge in [0.15, 0.2) is 0 Å². The lowest BCUT2D eigenvalue weighted by molar-refractivity contribution is -0.0638. The average Bonchev–Trinajstić information content (AvgIpc) is 2.94. The summed E-state index contributed by atoms with van der Waals surface area (Å²) in [5, 5.41) is 4.72. The van der Waals surface area contributed by atoms with E-state index in [2.05, 4.69) is 23.0 Å². The average molecular weight is 293 g/mol. The van der Waals surface area contributed by atoms with E-state index in [4.69, 9.17) is 20.9 Å². The second-order valence-electron chi connectivity index (χ2n) is 5.15. The van der Waals surface area contributed by atoms with Crippen LogP contribution in [-0.2, 0) is 11.3 Å². The fourth-order valence-corrected chi connectivity index (χ4v) is 2.66. The third-order valence-electron chi connectivity index (χ3n) is 3.64. The van der Waals surface area contributed by atoms with Gasteiger partial charge in [-0.3, -0.25) is 4.90 Å². The highest BCUT2D eigenvalue weighted by Gasteiger charge is 2.27. The molecular weight excluding hydrogens is 276 g/mol. The lowest BCUT2D eigenvalue weighted by atomic mass is 10.1. The maximum Gasteiger partial charge on any atom is 0.124 e. The first kappa shape index (κ1) is 13.6. The van der Waals surface area contributed by atoms with Gasteiger partial charge in [0.2, 0.25) is 0 Å². The topological polar surface area (TPSA) is 38.5 Å². The van der Waals surface area contributed by atoms with Crippen LogP contribution in [0.3, 0.4) is 0 Å². The van der Waals surface area contributed by atoms with Crippen LogP contribution in [0.25, 0.3) is 0 Å². The number of halogens is 1. The smallest absolute Gasteiger partial charge is 0.124 e. The molecule has 1 saturated heterocycles. The van der Waals surface area contributed by atoms with E-state index in [9.17, 15) is 0 Å². The molecule has 0 spiro atoms. The van der Waals surface area contributed by atoms with Crippen molar-refractivity contribution in [2.45, 2.75) is 25.6 Å². The van der Waals surface area contributed by atoms with Crippen molar-refractivity contribution in [3.63, 3.8) is 0 Å². The third-order valence-corrected chi connectivity index (χ3v) is 3.87. The molecule has 20 heavy (non-hydrogen) atoms. The lowest BCUT2D eigenvalue weighted by Crippen LogP contribution is -2.44. The van der Waals surface area contributed by atoms with Gasteiger partial charge in [-0.2, -0.15) is 0 Å². The fraction of sp³-hybridized carbons (Fsp3) is 0.400. The molecule has 1 fully saturated rings. The fourth-order valence-electron chi connectivity index (χ4n) is 2.46. The molecule has 4 nitrogen and oxygen atoms in total. The second kappa shape index (κ2) is 5.95. The molecule has 5 heteroatoms. The van der Waals surface area contributed by atoms with Crippen LogP contribution in [0, 0.1) is 0 Å². The van der Waals surface area contributed by atoms with Crippen molar-refractivity contribution in [1.29, 1.82) is 0 Å². The van der Waals surface area contributed by atoms with Crippen molar-refractivity contribution in [2.24, 2.45) is 0 Å². The quantitative estimate of drug-likeness (QED) is 0.870. The number of ether oxygens (including phenoxy) is 1. The van der Waals surface area contributed by atoms with Crippen LogP contribution >= 0.6 is 11.6 Å². The van der Waals surface area contributed by atoms with Crippen molar-refractivity contribution in [3.8, 4) is 0 Å². The number of aromatic nitrogens is 1. The van der Waals surface area contributed by atoms with E-state index < -0.39 is 0 Å². The molecule has 1 aliphatic rings. The highest BCUT2D eigenvalue weighted by molar-refractivity contribution is 6.30. The zero-order valence-corrected chi connectivity index (χ0v) is 12.1. The molecule has 0 N–H and O–H groups in total. The molecule has 0 radical (unpaired) electrons. The largest absolute Gasteiger partial charge is 0.371 e. The van der Waals surface area contributed by atoms with E-state index in [1.165, 1.54) is 0 Å². The first-order chi connectivity index (χ1) is 9.72. The highest BCUT2D eigenvalue weighted by atomic mass is 35.5. The molecule has 0 amide bonds. The Morgan fingerprint density at radius 3 is 3.05 bits per heavy atom. The molecule has 0 saturated carbocycles. The van der Waals surface area contributed by atoms with Gasteiger partial charge in [-0.25, -0.2) is 0 Å². The van der Waals surface area contributed by atoms with Crippen LogP contribution in [0.5, 0.6) is 0 Å². The summed E-state index contributed by atoms with van der Waals surface area (Å²) in [4.78, 5) is 2.35. The predicted molar refractivity (Wildman–Crippen MR) is 76.5 cm³/mol. The summed E-state index contributed by atoms with van der Waals surface area (Å²) in [5.41, 5.74) is 2.07. The van der Waals surface area contributed by atoms with Gasteiger partial charge in [0, 0.05) is 30.2 Å². The minimum Gasteiger partial charge on any atom is -0.371 e. The summed E-state index contributed by atoms with van der Waals surface area (Å²) >= 11 is 6.05. The number of hydrogen-bond acceptors (Lipinski definition) is 4. The number of rotatable bonds is 3. The molecular formula is C15H17ClN2O2. The zero-order valence-electron chi connectivity index (χ0n) is 11.3. The van der Waals surface area contributed by atoms with Crippen LogP contribution in [0.2, 0.25) is 5.02 Å². The van der Waals surface area contributed by atoms with Gasteiger partial charge in [-0.1, -0.05) is 28.9 Å². The van der Waals surface area contributed by atoms with E-state index in [1.54, 1.807) is 6.26 Å². The summed E-state index contributed by atoms with van der Waals surface area (Å²) in [6, 6.07) is 10.1. The van der Waals surface area contributed by atoms with E-state index >= 15 is 0 Å². The van der Waals surface area contributed by atoms with E-state index in [1.807, 2.05) is 24.3 Å². The summed E-state index contributed by atoms with van der Waals surface area (Å²) in [5.74, 6) is 0. The van der Waals surface area contributed by atoms with Gasteiger partial charge in [0.25, 0.3) is 0 Å².